The Kier molecular flexibility index (Phi) is 2.76. The molecule has 3 N–H and O–H groups in total. The summed E-state index contributed by atoms with van der Waals surface area (Å²) >= 11 is 3.40. The van der Waals surface area contributed by atoms with Crippen molar-refractivity contribution in [3.8, 4) is 12.1 Å². The Morgan fingerprint density at radius 1 is 1.30 bits per heavy atom. The number of fused-ring (bicyclic) bond motifs is 2. The Balaban J connectivity index is 1.91. The highest BCUT2D eigenvalue weighted by molar-refractivity contribution is 9.10. The van der Waals surface area contributed by atoms with Gasteiger partial charge in [0.1, 0.15) is 0 Å². The number of halogens is 1. The second-order valence-corrected chi connectivity index (χ2v) is 7.13. The number of nitrogens with one attached hydrogen (secondary N) is 1. The van der Waals surface area contributed by atoms with Crippen molar-refractivity contribution >= 4 is 21.8 Å². The van der Waals surface area contributed by atoms with Crippen LogP contribution in [0.5, 0.6) is 0 Å². The van der Waals surface area contributed by atoms with Crippen LogP contribution in [0, 0.1) is 33.5 Å². The van der Waals surface area contributed by atoms with E-state index in [0.29, 0.717) is 6.61 Å². The lowest BCUT2D eigenvalue weighted by molar-refractivity contribution is -0.677. The first-order chi connectivity index (χ1) is 11.0. The average molecular weight is 374 g/mol. The third-order valence-corrected chi connectivity index (χ3v) is 5.62. The summed E-state index contributed by atoms with van der Waals surface area (Å²) in [7, 11) is 0. The molecule has 5 atom stereocenters. The first kappa shape index (κ1) is 14.6. The topological polar surface area (TPSA) is 106 Å². The molecule has 6 nitrogen and oxygen atoms in total. The minimum absolute atomic E-state index is 0.179. The van der Waals surface area contributed by atoms with Crippen molar-refractivity contribution < 1.29 is 14.5 Å². The van der Waals surface area contributed by atoms with Gasteiger partial charge in [-0.3, -0.25) is 5.73 Å². The predicted octanol–water partition coefficient (Wildman–Crippen LogP) is 0.107. The highest BCUT2D eigenvalue weighted by Crippen LogP contribution is 2.79. The van der Waals surface area contributed by atoms with Gasteiger partial charge in [-0.15, -0.1) is 0 Å². The van der Waals surface area contributed by atoms with Crippen molar-refractivity contribution in [2.24, 2.45) is 16.6 Å². The van der Waals surface area contributed by atoms with Crippen LogP contribution in [-0.2, 0) is 9.47 Å². The van der Waals surface area contributed by atoms with E-state index in [1.807, 2.05) is 31.2 Å². The van der Waals surface area contributed by atoms with Crippen molar-refractivity contribution in [3.05, 3.63) is 34.3 Å². The van der Waals surface area contributed by atoms with Crippen LogP contribution in [0.25, 0.3) is 0 Å². The lowest BCUT2D eigenvalue weighted by Crippen LogP contribution is -2.90. The number of hydrogen-bond donors (Lipinski definition) is 2. The van der Waals surface area contributed by atoms with Crippen molar-refractivity contribution in [2.45, 2.75) is 24.9 Å². The van der Waals surface area contributed by atoms with Crippen molar-refractivity contribution in [1.29, 1.82) is 10.5 Å². The molecule has 1 saturated carbocycles. The Hall–Kier alpha value is -1.93. The molecule has 0 amide bonds. The van der Waals surface area contributed by atoms with E-state index in [0.717, 1.165) is 10.0 Å². The number of hydrogen-bond acceptors (Lipinski definition) is 5. The minimum atomic E-state index is -1.36. The van der Waals surface area contributed by atoms with Crippen LogP contribution in [0.3, 0.4) is 0 Å². The lowest BCUT2D eigenvalue weighted by Gasteiger charge is -2.24. The molecule has 4 rings (SSSR count). The van der Waals surface area contributed by atoms with Crippen LogP contribution >= 0.6 is 15.9 Å². The minimum Gasteiger partial charge on any atom is -0.311 e. The molecule has 0 unspecified atom stereocenters. The molecule has 3 aliphatic rings. The smallest absolute Gasteiger partial charge is 0.311 e. The molecule has 2 aliphatic heterocycles. The molecular weight excluding hydrogens is 360 g/mol. The Morgan fingerprint density at radius 3 is 2.52 bits per heavy atom. The number of nitrogens with two attached hydrogens (primary N) is 1. The highest BCUT2D eigenvalue weighted by atomic mass is 79.9. The van der Waals surface area contributed by atoms with Crippen molar-refractivity contribution in [2.75, 3.05) is 6.61 Å². The molecule has 2 heterocycles. The normalized spacial score (nSPS) is 43.6. The number of nitrogens with zero attached hydrogens (tertiary/aromatic N) is 2. The molecule has 116 valence electrons. The van der Waals surface area contributed by atoms with Gasteiger partial charge in [0.15, 0.2) is 10.8 Å². The van der Waals surface area contributed by atoms with Gasteiger partial charge >= 0.3 is 5.91 Å². The molecular formula is C16H14BrN4O2+. The van der Waals surface area contributed by atoms with Gasteiger partial charge in [-0.2, -0.15) is 10.5 Å². The fourth-order valence-electron chi connectivity index (χ4n) is 4.12. The van der Waals surface area contributed by atoms with Gasteiger partial charge in [0.2, 0.25) is 0 Å². The lowest BCUT2D eigenvalue weighted by atomic mass is 9.94. The zero-order chi connectivity index (χ0) is 16.5. The molecule has 23 heavy (non-hydrogen) atoms. The predicted molar refractivity (Wildman–Crippen MR) is 82.4 cm³/mol. The summed E-state index contributed by atoms with van der Waals surface area (Å²) < 4.78 is 12.7. The first-order valence-electron chi connectivity index (χ1n) is 7.28. The third kappa shape index (κ3) is 1.41. The molecule has 1 aromatic carbocycles. The van der Waals surface area contributed by atoms with E-state index in [2.05, 4.69) is 33.1 Å². The maximum absolute atomic E-state index is 10.00. The summed E-state index contributed by atoms with van der Waals surface area (Å²) in [4.78, 5) is 2.95. The largest absolute Gasteiger partial charge is 0.343 e. The molecule has 0 bridgehead atoms. The molecule has 1 aliphatic carbocycles. The summed E-state index contributed by atoms with van der Waals surface area (Å²) in [6.45, 7) is 2.21. The second-order valence-electron chi connectivity index (χ2n) is 6.22. The van der Waals surface area contributed by atoms with Crippen molar-refractivity contribution in [3.63, 3.8) is 0 Å². The Morgan fingerprint density at radius 2 is 2.00 bits per heavy atom. The number of nitriles is 2. The van der Waals surface area contributed by atoms with Crippen LogP contribution in [-0.4, -0.2) is 24.5 Å². The molecule has 0 aromatic heterocycles. The van der Waals surface area contributed by atoms with Crippen molar-refractivity contribution in [1.82, 2.24) is 0 Å². The maximum Gasteiger partial charge on any atom is 0.343 e. The number of rotatable bonds is 1. The van der Waals surface area contributed by atoms with E-state index < -0.39 is 22.7 Å². The van der Waals surface area contributed by atoms with Gasteiger partial charge in [-0.05, 0) is 24.6 Å². The van der Waals surface area contributed by atoms with E-state index in [4.69, 9.17) is 15.2 Å². The Labute approximate surface area is 141 Å². The number of benzene rings is 1. The van der Waals surface area contributed by atoms with Gasteiger partial charge < -0.3 is 9.47 Å². The Bertz CT molecular complexity index is 811. The number of ether oxygens (including phenoxy) is 2. The summed E-state index contributed by atoms with van der Waals surface area (Å²) in [6.07, 6.45) is -0.179. The van der Waals surface area contributed by atoms with E-state index in [1.165, 1.54) is 0 Å². The fourth-order valence-corrected chi connectivity index (χ4v) is 4.38. The van der Waals surface area contributed by atoms with Crippen LogP contribution in [0.15, 0.2) is 28.7 Å². The molecule has 0 radical (unpaired) electrons. The van der Waals surface area contributed by atoms with Gasteiger partial charge in [-0.25, -0.2) is 4.99 Å². The summed E-state index contributed by atoms with van der Waals surface area (Å²) in [5.74, 6) is -1.52. The van der Waals surface area contributed by atoms with Gasteiger partial charge in [0, 0.05) is 10.4 Å². The quantitative estimate of drug-likeness (QED) is 0.726. The first-order valence-corrected chi connectivity index (χ1v) is 8.07. The molecule has 1 spiro atoms. The van der Waals surface area contributed by atoms with Crippen LogP contribution in [0.2, 0.25) is 0 Å². The molecule has 1 aromatic rings. The summed E-state index contributed by atoms with van der Waals surface area (Å²) in [5.41, 5.74) is 4.66. The van der Waals surface area contributed by atoms with E-state index >= 15 is 0 Å². The zero-order valence-corrected chi connectivity index (χ0v) is 13.9. The van der Waals surface area contributed by atoms with Crippen LogP contribution in [0.4, 0.5) is 0 Å². The zero-order valence-electron chi connectivity index (χ0n) is 12.3. The van der Waals surface area contributed by atoms with E-state index in [1.54, 1.807) is 0 Å². The maximum atomic E-state index is 10.00. The monoisotopic (exact) mass is 373 g/mol. The standard InChI is InChI=1S/C16H13BrN4O2/c1-9-6-22-16(23-9)15(8-19)12(10-2-4-11(17)5-3-10)14(15,7-18)13(20)21-16/h2-5,9,12H,6H2,1H3,(H2,20,21)/p+1/t9-,12-,14-,15-,16-/m1/s1. The second kappa shape index (κ2) is 4.33. The van der Waals surface area contributed by atoms with E-state index in [-0.39, 0.29) is 11.9 Å². The van der Waals surface area contributed by atoms with Gasteiger partial charge in [0.25, 0.3) is 5.84 Å². The fraction of sp³-hybridized carbons (Fsp3) is 0.438. The van der Waals surface area contributed by atoms with Gasteiger partial charge in [-0.1, -0.05) is 28.1 Å². The average Bonchev–Trinajstić information content (AvgIpc) is 2.92. The third-order valence-electron chi connectivity index (χ3n) is 5.09. The molecule has 2 fully saturated rings. The van der Waals surface area contributed by atoms with E-state index in [9.17, 15) is 10.5 Å². The number of amidine groups is 1. The summed E-state index contributed by atoms with van der Waals surface area (Å²) in [6, 6.07) is 12.1. The molecule has 7 heteroatoms. The SMILES string of the molecule is C[C@@H]1CO[C@@]2([NH+]=C(N)[C@@]3(C#N)[C@@H](c4ccc(Br)cc4)[C@@]23C#N)O1. The van der Waals surface area contributed by atoms with Crippen LogP contribution in [0.1, 0.15) is 18.4 Å². The van der Waals surface area contributed by atoms with Crippen LogP contribution < -0.4 is 10.7 Å². The molecule has 1 saturated heterocycles. The highest BCUT2D eigenvalue weighted by Gasteiger charge is 2.97. The van der Waals surface area contributed by atoms with Gasteiger partial charge in [0.05, 0.1) is 24.8 Å². The summed E-state index contributed by atoms with van der Waals surface area (Å²) in [5, 5.41) is 19.9.